The number of carbonyl (C=O) groups excluding carboxylic acids is 1. The molecule has 0 unspecified atom stereocenters. The van der Waals surface area contributed by atoms with Gasteiger partial charge in [0.15, 0.2) is 0 Å². The van der Waals surface area contributed by atoms with E-state index >= 15 is 0 Å². The van der Waals surface area contributed by atoms with Crippen LogP contribution in [0.3, 0.4) is 0 Å². The molecule has 0 bridgehead atoms. The Kier molecular flexibility index (Phi) is 5.46. The standard InChI is InChI=1S/C19H22N2O4S/c1-25-15-10-12-16(13-11-15)26(23,24)21-18-9-5-4-8-17(18)20-19(22)14-6-2-3-7-14/h4-5,8-14,21H,2-3,6-7H2,1H3,(H,20,22). The number of hydrogen-bond donors (Lipinski definition) is 2. The maximum absolute atomic E-state index is 12.6. The van der Waals surface area contributed by atoms with Crippen LogP contribution in [-0.4, -0.2) is 21.4 Å². The van der Waals surface area contributed by atoms with Crippen molar-refractivity contribution in [2.75, 3.05) is 17.1 Å². The molecule has 138 valence electrons. The van der Waals surface area contributed by atoms with Gasteiger partial charge in [-0.3, -0.25) is 9.52 Å². The van der Waals surface area contributed by atoms with Gasteiger partial charge in [0.25, 0.3) is 10.0 Å². The monoisotopic (exact) mass is 374 g/mol. The predicted octanol–water partition coefficient (Wildman–Crippen LogP) is 3.62. The van der Waals surface area contributed by atoms with Crippen molar-refractivity contribution in [3.05, 3.63) is 48.5 Å². The van der Waals surface area contributed by atoms with Crippen molar-refractivity contribution < 1.29 is 17.9 Å². The van der Waals surface area contributed by atoms with Crippen LogP contribution < -0.4 is 14.8 Å². The molecule has 0 aliphatic heterocycles. The third-order valence-corrected chi connectivity index (χ3v) is 5.91. The molecular formula is C19H22N2O4S. The molecule has 0 aromatic heterocycles. The van der Waals surface area contributed by atoms with Gasteiger partial charge in [0.2, 0.25) is 5.91 Å². The van der Waals surface area contributed by atoms with E-state index in [9.17, 15) is 13.2 Å². The first kappa shape index (κ1) is 18.3. The topological polar surface area (TPSA) is 84.5 Å². The predicted molar refractivity (Wildman–Crippen MR) is 101 cm³/mol. The van der Waals surface area contributed by atoms with Crippen LogP contribution in [0.15, 0.2) is 53.4 Å². The highest BCUT2D eigenvalue weighted by Crippen LogP contribution is 2.29. The summed E-state index contributed by atoms with van der Waals surface area (Å²) >= 11 is 0. The molecule has 2 aromatic carbocycles. The summed E-state index contributed by atoms with van der Waals surface area (Å²) in [6.45, 7) is 0. The second-order valence-electron chi connectivity index (χ2n) is 6.30. The number of anilines is 2. The van der Waals surface area contributed by atoms with E-state index in [1.54, 1.807) is 36.4 Å². The fourth-order valence-corrected chi connectivity index (χ4v) is 4.14. The molecule has 1 aliphatic rings. The van der Waals surface area contributed by atoms with Crippen LogP contribution in [0.25, 0.3) is 0 Å². The normalized spacial score (nSPS) is 14.8. The first-order valence-corrected chi connectivity index (χ1v) is 10.0. The summed E-state index contributed by atoms with van der Waals surface area (Å²) in [5.74, 6) is 0.521. The summed E-state index contributed by atoms with van der Waals surface area (Å²) in [7, 11) is -2.25. The maximum atomic E-state index is 12.6. The number of carbonyl (C=O) groups is 1. The van der Waals surface area contributed by atoms with Crippen molar-refractivity contribution in [3.8, 4) is 5.75 Å². The molecule has 7 heteroatoms. The zero-order chi connectivity index (χ0) is 18.6. The maximum Gasteiger partial charge on any atom is 0.261 e. The largest absolute Gasteiger partial charge is 0.497 e. The average Bonchev–Trinajstić information content (AvgIpc) is 3.18. The Morgan fingerprint density at radius 2 is 1.62 bits per heavy atom. The van der Waals surface area contributed by atoms with Gasteiger partial charge in [-0.1, -0.05) is 25.0 Å². The molecule has 1 fully saturated rings. The van der Waals surface area contributed by atoms with Crippen LogP contribution in [0.5, 0.6) is 5.75 Å². The van der Waals surface area contributed by atoms with Crippen LogP contribution in [0.4, 0.5) is 11.4 Å². The van der Waals surface area contributed by atoms with Crippen LogP contribution in [0.2, 0.25) is 0 Å². The average molecular weight is 374 g/mol. The fraction of sp³-hybridized carbons (Fsp3) is 0.316. The van der Waals surface area contributed by atoms with E-state index in [2.05, 4.69) is 10.0 Å². The van der Waals surface area contributed by atoms with Gasteiger partial charge in [-0.05, 0) is 49.2 Å². The first-order valence-electron chi connectivity index (χ1n) is 8.56. The molecule has 26 heavy (non-hydrogen) atoms. The van der Waals surface area contributed by atoms with Crippen molar-refractivity contribution >= 4 is 27.3 Å². The minimum absolute atomic E-state index is 0.00116. The quantitative estimate of drug-likeness (QED) is 0.809. The lowest BCUT2D eigenvalue weighted by Gasteiger charge is -2.15. The number of methoxy groups -OCH3 is 1. The van der Waals surface area contributed by atoms with Crippen molar-refractivity contribution in [2.24, 2.45) is 5.92 Å². The smallest absolute Gasteiger partial charge is 0.261 e. The molecule has 0 heterocycles. The Hall–Kier alpha value is -2.54. The second-order valence-corrected chi connectivity index (χ2v) is 7.98. The lowest BCUT2D eigenvalue weighted by atomic mass is 10.1. The highest BCUT2D eigenvalue weighted by Gasteiger charge is 2.24. The summed E-state index contributed by atoms with van der Waals surface area (Å²) in [5, 5.41) is 2.86. The van der Waals surface area contributed by atoms with E-state index < -0.39 is 10.0 Å². The van der Waals surface area contributed by atoms with Crippen LogP contribution in [0.1, 0.15) is 25.7 Å². The molecule has 1 amide bonds. The molecule has 0 saturated heterocycles. The number of nitrogens with one attached hydrogen (secondary N) is 2. The zero-order valence-electron chi connectivity index (χ0n) is 14.6. The van der Waals surface area contributed by atoms with E-state index in [1.807, 2.05) is 0 Å². The number of benzene rings is 2. The van der Waals surface area contributed by atoms with Crippen LogP contribution >= 0.6 is 0 Å². The Bertz CT molecular complexity index is 873. The summed E-state index contributed by atoms with van der Waals surface area (Å²) in [4.78, 5) is 12.5. The minimum Gasteiger partial charge on any atom is -0.497 e. The number of hydrogen-bond acceptors (Lipinski definition) is 4. The minimum atomic E-state index is -3.77. The van der Waals surface area contributed by atoms with Gasteiger partial charge in [0.05, 0.1) is 23.4 Å². The number of ether oxygens (including phenoxy) is 1. The molecular weight excluding hydrogens is 352 g/mol. The van der Waals surface area contributed by atoms with Gasteiger partial charge in [-0.25, -0.2) is 8.42 Å². The molecule has 3 rings (SSSR count). The number of para-hydroxylation sites is 2. The van der Waals surface area contributed by atoms with Crippen molar-refractivity contribution in [2.45, 2.75) is 30.6 Å². The van der Waals surface area contributed by atoms with Crippen molar-refractivity contribution in [3.63, 3.8) is 0 Å². The molecule has 0 spiro atoms. The first-order chi connectivity index (χ1) is 12.5. The van der Waals surface area contributed by atoms with Gasteiger partial charge in [0.1, 0.15) is 5.75 Å². The lowest BCUT2D eigenvalue weighted by Crippen LogP contribution is -2.22. The molecule has 1 aliphatic carbocycles. The van der Waals surface area contributed by atoms with E-state index in [4.69, 9.17) is 4.74 Å². The third kappa shape index (κ3) is 4.16. The summed E-state index contributed by atoms with van der Waals surface area (Å²) in [6, 6.07) is 12.9. The zero-order valence-corrected chi connectivity index (χ0v) is 15.4. The van der Waals surface area contributed by atoms with Crippen molar-refractivity contribution in [1.82, 2.24) is 0 Å². The van der Waals surface area contributed by atoms with Gasteiger partial charge in [-0.15, -0.1) is 0 Å². The number of sulfonamides is 1. The Balaban J connectivity index is 1.79. The number of rotatable bonds is 6. The Labute approximate surface area is 153 Å². The molecule has 6 nitrogen and oxygen atoms in total. The summed E-state index contributed by atoms with van der Waals surface area (Å²) < 4.78 is 32.9. The van der Waals surface area contributed by atoms with E-state index in [-0.39, 0.29) is 16.7 Å². The molecule has 2 aromatic rings. The van der Waals surface area contributed by atoms with E-state index in [0.29, 0.717) is 17.1 Å². The summed E-state index contributed by atoms with van der Waals surface area (Å²) in [6.07, 6.45) is 3.88. The third-order valence-electron chi connectivity index (χ3n) is 4.52. The summed E-state index contributed by atoms with van der Waals surface area (Å²) in [5.41, 5.74) is 0.802. The highest BCUT2D eigenvalue weighted by atomic mass is 32.2. The number of amides is 1. The van der Waals surface area contributed by atoms with Gasteiger partial charge >= 0.3 is 0 Å². The van der Waals surface area contributed by atoms with Crippen molar-refractivity contribution in [1.29, 1.82) is 0 Å². The fourth-order valence-electron chi connectivity index (χ4n) is 3.06. The van der Waals surface area contributed by atoms with Crippen LogP contribution in [0, 0.1) is 5.92 Å². The SMILES string of the molecule is COc1ccc(S(=O)(=O)Nc2ccccc2NC(=O)C2CCCC2)cc1. The molecule has 0 radical (unpaired) electrons. The van der Waals surface area contributed by atoms with Gasteiger partial charge in [0, 0.05) is 5.92 Å². The Morgan fingerprint density at radius 1 is 1.00 bits per heavy atom. The lowest BCUT2D eigenvalue weighted by molar-refractivity contribution is -0.119. The van der Waals surface area contributed by atoms with E-state index in [1.165, 1.54) is 19.2 Å². The molecule has 1 saturated carbocycles. The highest BCUT2D eigenvalue weighted by molar-refractivity contribution is 7.92. The second kappa shape index (κ2) is 7.78. The molecule has 0 atom stereocenters. The van der Waals surface area contributed by atoms with Crippen LogP contribution in [-0.2, 0) is 14.8 Å². The van der Waals surface area contributed by atoms with Gasteiger partial charge in [-0.2, -0.15) is 0 Å². The van der Waals surface area contributed by atoms with E-state index in [0.717, 1.165) is 25.7 Å². The molecule has 2 N–H and O–H groups in total. The van der Waals surface area contributed by atoms with Gasteiger partial charge < -0.3 is 10.1 Å². The Morgan fingerprint density at radius 3 is 2.23 bits per heavy atom.